The zero-order valence-corrected chi connectivity index (χ0v) is 12.0. The van der Waals surface area contributed by atoms with E-state index in [0.717, 1.165) is 5.56 Å². The molecule has 0 bridgehead atoms. The summed E-state index contributed by atoms with van der Waals surface area (Å²) in [6.07, 6.45) is 0.261. The number of benzene rings is 2. The van der Waals surface area contributed by atoms with Gasteiger partial charge in [-0.2, -0.15) is 0 Å². The van der Waals surface area contributed by atoms with E-state index < -0.39 is 6.04 Å². The number of hydrogen-bond acceptors (Lipinski definition) is 3. The van der Waals surface area contributed by atoms with Gasteiger partial charge < -0.3 is 5.32 Å². The number of nitrogens with one attached hydrogen (secondary N) is 1. The number of fused-ring (bicyclic) bond motifs is 1. The fourth-order valence-electron chi connectivity index (χ4n) is 2.85. The highest BCUT2D eigenvalue weighted by Gasteiger charge is 2.36. The van der Waals surface area contributed by atoms with Crippen molar-refractivity contribution in [3.05, 3.63) is 48.0 Å². The maximum Gasteiger partial charge on any atom is 0.246 e. The quantitative estimate of drug-likeness (QED) is 0.873. The van der Waals surface area contributed by atoms with E-state index in [1.165, 1.54) is 15.7 Å². The Morgan fingerprint density at radius 1 is 1.14 bits per heavy atom. The van der Waals surface area contributed by atoms with Gasteiger partial charge in [0.05, 0.1) is 12.5 Å². The Labute approximate surface area is 123 Å². The Morgan fingerprint density at radius 3 is 2.67 bits per heavy atom. The van der Waals surface area contributed by atoms with Gasteiger partial charge in [0.2, 0.25) is 11.8 Å². The van der Waals surface area contributed by atoms with Crippen molar-refractivity contribution in [3.63, 3.8) is 0 Å². The molecule has 1 saturated heterocycles. The van der Waals surface area contributed by atoms with Crippen LogP contribution < -0.4 is 5.32 Å². The highest BCUT2D eigenvalue weighted by molar-refractivity contribution is 6.05. The van der Waals surface area contributed by atoms with Gasteiger partial charge in [-0.1, -0.05) is 42.5 Å². The summed E-state index contributed by atoms with van der Waals surface area (Å²) in [5.74, 6) is -0.194. The second kappa shape index (κ2) is 5.66. The molecule has 0 aromatic heterocycles. The molecular weight excluding hydrogens is 264 g/mol. The molecule has 4 heteroatoms. The Morgan fingerprint density at radius 2 is 1.90 bits per heavy atom. The number of imide groups is 1. The van der Waals surface area contributed by atoms with Crippen molar-refractivity contribution in [3.8, 4) is 0 Å². The van der Waals surface area contributed by atoms with Crippen LogP contribution >= 0.6 is 0 Å². The number of hydrogen-bond donors (Lipinski definition) is 1. The Hall–Kier alpha value is -2.20. The predicted octanol–water partition coefficient (Wildman–Crippen LogP) is 2.08. The van der Waals surface area contributed by atoms with Gasteiger partial charge in [-0.05, 0) is 23.3 Å². The molecule has 21 heavy (non-hydrogen) atoms. The van der Waals surface area contributed by atoms with Crippen molar-refractivity contribution < 1.29 is 9.59 Å². The second-order valence-electron chi connectivity index (χ2n) is 5.25. The van der Waals surface area contributed by atoms with Crippen LogP contribution in [0.15, 0.2) is 42.5 Å². The first-order chi connectivity index (χ1) is 10.2. The standard InChI is InChI=1S/C17H18N2O2/c1-2-19-16(20)10-15(17(19)21)18-11-13-8-5-7-12-6-3-4-9-14(12)13/h3-9,15,18H,2,10-11H2,1H3. The van der Waals surface area contributed by atoms with Gasteiger partial charge in [-0.15, -0.1) is 0 Å². The third kappa shape index (κ3) is 2.54. The van der Waals surface area contributed by atoms with Crippen LogP contribution in [0, 0.1) is 0 Å². The normalized spacial score (nSPS) is 18.7. The lowest BCUT2D eigenvalue weighted by Crippen LogP contribution is -2.38. The third-order valence-corrected chi connectivity index (χ3v) is 3.98. The predicted molar refractivity (Wildman–Crippen MR) is 81.6 cm³/mol. The lowest BCUT2D eigenvalue weighted by molar-refractivity contribution is -0.138. The van der Waals surface area contributed by atoms with Crippen LogP contribution in [0.2, 0.25) is 0 Å². The van der Waals surface area contributed by atoms with Crippen molar-refractivity contribution in [2.24, 2.45) is 0 Å². The summed E-state index contributed by atoms with van der Waals surface area (Å²) in [7, 11) is 0. The topological polar surface area (TPSA) is 49.4 Å². The van der Waals surface area contributed by atoms with Crippen molar-refractivity contribution in [1.29, 1.82) is 0 Å². The summed E-state index contributed by atoms with van der Waals surface area (Å²) in [6.45, 7) is 2.86. The molecule has 3 rings (SSSR count). The van der Waals surface area contributed by atoms with Gasteiger partial charge in [-0.3, -0.25) is 14.5 Å². The van der Waals surface area contributed by atoms with E-state index in [4.69, 9.17) is 0 Å². The zero-order valence-electron chi connectivity index (χ0n) is 12.0. The van der Waals surface area contributed by atoms with Crippen LogP contribution in [0.3, 0.4) is 0 Å². The monoisotopic (exact) mass is 282 g/mol. The molecule has 4 nitrogen and oxygen atoms in total. The van der Waals surface area contributed by atoms with E-state index in [1.54, 1.807) is 0 Å². The molecule has 1 unspecified atom stereocenters. The number of amides is 2. The lowest BCUT2D eigenvalue weighted by atomic mass is 10.0. The first-order valence-corrected chi connectivity index (χ1v) is 7.25. The average molecular weight is 282 g/mol. The molecule has 2 aromatic carbocycles. The highest BCUT2D eigenvalue weighted by Crippen LogP contribution is 2.19. The van der Waals surface area contributed by atoms with E-state index in [2.05, 4.69) is 23.5 Å². The molecule has 1 aliphatic rings. The van der Waals surface area contributed by atoms with Crippen molar-refractivity contribution in [2.75, 3.05) is 6.54 Å². The first kappa shape index (κ1) is 13.8. The lowest BCUT2D eigenvalue weighted by Gasteiger charge is -2.14. The van der Waals surface area contributed by atoms with Gasteiger partial charge in [0.25, 0.3) is 0 Å². The van der Waals surface area contributed by atoms with Gasteiger partial charge in [0.1, 0.15) is 0 Å². The Kier molecular flexibility index (Phi) is 3.71. The molecule has 0 aliphatic carbocycles. The maximum absolute atomic E-state index is 12.1. The minimum Gasteiger partial charge on any atom is -0.301 e. The van der Waals surface area contributed by atoms with Crippen molar-refractivity contribution >= 4 is 22.6 Å². The van der Waals surface area contributed by atoms with Crippen molar-refractivity contribution in [2.45, 2.75) is 25.9 Å². The molecule has 1 atom stereocenters. The molecule has 108 valence electrons. The fraction of sp³-hybridized carbons (Fsp3) is 0.294. The molecular formula is C17H18N2O2. The molecule has 2 aromatic rings. The molecule has 1 N–H and O–H groups in total. The molecule has 1 fully saturated rings. The molecule has 0 spiro atoms. The molecule has 0 radical (unpaired) electrons. The van der Waals surface area contributed by atoms with E-state index in [9.17, 15) is 9.59 Å². The highest BCUT2D eigenvalue weighted by atomic mass is 16.2. The number of likely N-dealkylation sites (tertiary alicyclic amines) is 1. The SMILES string of the molecule is CCN1C(=O)CC(NCc2cccc3ccccc23)C1=O. The van der Waals surface area contributed by atoms with Crippen LogP contribution in [0.4, 0.5) is 0 Å². The van der Waals surface area contributed by atoms with E-state index in [0.29, 0.717) is 13.1 Å². The minimum absolute atomic E-state index is 0.0853. The summed E-state index contributed by atoms with van der Waals surface area (Å²) in [4.78, 5) is 25.1. The van der Waals surface area contributed by atoms with Crippen molar-refractivity contribution in [1.82, 2.24) is 10.2 Å². The summed E-state index contributed by atoms with van der Waals surface area (Å²) in [6, 6.07) is 13.9. The fourth-order valence-corrected chi connectivity index (χ4v) is 2.85. The average Bonchev–Trinajstić information content (AvgIpc) is 2.78. The molecule has 2 amide bonds. The summed E-state index contributed by atoms with van der Waals surface area (Å²) in [5, 5.41) is 5.58. The number of rotatable bonds is 4. The first-order valence-electron chi connectivity index (χ1n) is 7.25. The van der Waals surface area contributed by atoms with Gasteiger partial charge >= 0.3 is 0 Å². The number of likely N-dealkylation sites (N-methyl/N-ethyl adjacent to an activating group) is 1. The maximum atomic E-state index is 12.1. The minimum atomic E-state index is -0.392. The zero-order chi connectivity index (χ0) is 14.8. The summed E-state index contributed by atoms with van der Waals surface area (Å²) < 4.78 is 0. The van der Waals surface area contributed by atoms with Crippen LogP contribution in [0.5, 0.6) is 0 Å². The Bertz CT molecular complexity index is 691. The van der Waals surface area contributed by atoms with E-state index in [-0.39, 0.29) is 18.2 Å². The number of nitrogens with zero attached hydrogens (tertiary/aromatic N) is 1. The number of carbonyl (C=O) groups excluding carboxylic acids is 2. The van der Waals surface area contributed by atoms with E-state index in [1.807, 2.05) is 31.2 Å². The largest absolute Gasteiger partial charge is 0.301 e. The van der Waals surface area contributed by atoms with Gasteiger partial charge in [0.15, 0.2) is 0 Å². The van der Waals surface area contributed by atoms with Crippen LogP contribution in [-0.2, 0) is 16.1 Å². The summed E-state index contributed by atoms with van der Waals surface area (Å²) >= 11 is 0. The van der Waals surface area contributed by atoms with Crippen LogP contribution in [-0.4, -0.2) is 29.3 Å². The second-order valence-corrected chi connectivity index (χ2v) is 5.25. The summed E-state index contributed by atoms with van der Waals surface area (Å²) in [5.41, 5.74) is 1.14. The molecule has 1 heterocycles. The third-order valence-electron chi connectivity index (χ3n) is 3.98. The molecule has 0 saturated carbocycles. The smallest absolute Gasteiger partial charge is 0.246 e. The van der Waals surface area contributed by atoms with E-state index >= 15 is 0 Å². The van der Waals surface area contributed by atoms with Gasteiger partial charge in [-0.25, -0.2) is 0 Å². The molecule has 1 aliphatic heterocycles. The Balaban J connectivity index is 1.76. The number of carbonyl (C=O) groups is 2. The van der Waals surface area contributed by atoms with Gasteiger partial charge in [0, 0.05) is 13.1 Å². The van der Waals surface area contributed by atoms with Crippen LogP contribution in [0.25, 0.3) is 10.8 Å². The van der Waals surface area contributed by atoms with Crippen LogP contribution in [0.1, 0.15) is 18.9 Å².